The molecule has 34 heavy (non-hydrogen) atoms. The van der Waals surface area contributed by atoms with Crippen molar-refractivity contribution < 1.29 is 4.39 Å². The number of aromatic nitrogens is 6. The number of imidazole rings is 1. The van der Waals surface area contributed by atoms with Crippen molar-refractivity contribution in [2.75, 3.05) is 13.1 Å². The highest BCUT2D eigenvalue weighted by Crippen LogP contribution is 2.37. The van der Waals surface area contributed by atoms with Crippen molar-refractivity contribution in [1.29, 1.82) is 0 Å². The summed E-state index contributed by atoms with van der Waals surface area (Å²) in [6.45, 7) is 8.66. The second-order valence-corrected chi connectivity index (χ2v) is 9.28. The zero-order valence-electron chi connectivity index (χ0n) is 19.6. The van der Waals surface area contributed by atoms with Gasteiger partial charge in [-0.25, -0.2) is 19.3 Å². The maximum absolute atomic E-state index is 14.0. The van der Waals surface area contributed by atoms with Crippen LogP contribution < -0.4 is 0 Å². The topological polar surface area (TPSA) is 72.6 Å². The Kier molecular flexibility index (Phi) is 4.90. The quantitative estimate of drug-likeness (QED) is 0.452. The Balaban J connectivity index is 1.44. The number of nitrogens with zero attached hydrogens (tertiary/aromatic N) is 7. The molecule has 172 valence electrons. The predicted molar refractivity (Wildman–Crippen MR) is 128 cm³/mol. The third kappa shape index (κ3) is 3.54. The fourth-order valence-electron chi connectivity index (χ4n) is 5.18. The van der Waals surface area contributed by atoms with Crippen LogP contribution in [0.5, 0.6) is 0 Å². The van der Waals surface area contributed by atoms with Crippen molar-refractivity contribution in [3.05, 3.63) is 71.1 Å². The molecule has 0 radical (unpaired) electrons. The molecule has 1 saturated heterocycles. The van der Waals surface area contributed by atoms with Crippen molar-refractivity contribution in [2.45, 2.75) is 40.2 Å². The maximum atomic E-state index is 14.0. The Morgan fingerprint density at radius 1 is 0.971 bits per heavy atom. The summed E-state index contributed by atoms with van der Waals surface area (Å²) in [7, 11) is 0. The van der Waals surface area contributed by atoms with Crippen LogP contribution in [0.2, 0.25) is 0 Å². The van der Waals surface area contributed by atoms with Crippen molar-refractivity contribution in [3.63, 3.8) is 0 Å². The van der Waals surface area contributed by atoms with E-state index in [4.69, 9.17) is 9.97 Å². The highest BCUT2D eigenvalue weighted by molar-refractivity contribution is 5.79. The van der Waals surface area contributed by atoms with Gasteiger partial charge in [0.05, 0.1) is 24.1 Å². The van der Waals surface area contributed by atoms with E-state index >= 15 is 0 Å². The van der Waals surface area contributed by atoms with Crippen LogP contribution in [-0.4, -0.2) is 47.5 Å². The summed E-state index contributed by atoms with van der Waals surface area (Å²) in [6, 6.07) is 5.73. The molecule has 4 aromatic heterocycles. The molecule has 0 saturated carbocycles. The van der Waals surface area contributed by atoms with Crippen molar-refractivity contribution in [2.24, 2.45) is 5.92 Å². The number of pyridine rings is 2. The van der Waals surface area contributed by atoms with Crippen LogP contribution >= 0.6 is 0 Å². The Bertz CT molecular complexity index is 1450. The fraction of sp³-hybridized carbons (Fsp3) is 0.346. The van der Waals surface area contributed by atoms with Gasteiger partial charge in [-0.3, -0.25) is 9.97 Å². The minimum absolute atomic E-state index is 0.400. The largest absolute Gasteiger partial charge is 0.377 e. The molecule has 0 unspecified atom stereocenters. The molecule has 2 bridgehead atoms. The number of fused-ring (bicyclic) bond motifs is 3. The Morgan fingerprint density at radius 3 is 2.50 bits per heavy atom. The Hall–Kier alpha value is -3.68. The lowest BCUT2D eigenvalue weighted by atomic mass is 9.84. The molecule has 0 N–H and O–H groups in total. The Labute approximate surface area is 197 Å². The highest BCUT2D eigenvalue weighted by Gasteiger charge is 2.28. The number of hydrogen-bond donors (Lipinski definition) is 0. The second kappa shape index (κ2) is 7.97. The van der Waals surface area contributed by atoms with E-state index in [2.05, 4.69) is 45.1 Å². The normalized spacial score (nSPS) is 15.9. The first-order chi connectivity index (χ1) is 16.5. The molecule has 8 heteroatoms. The number of rotatable bonds is 4. The van der Waals surface area contributed by atoms with Gasteiger partial charge in [-0.1, -0.05) is 6.07 Å². The third-order valence-electron chi connectivity index (χ3n) is 6.95. The molecule has 7 nitrogen and oxygen atoms in total. The first kappa shape index (κ1) is 20.9. The summed E-state index contributed by atoms with van der Waals surface area (Å²) in [4.78, 5) is 25.4. The number of allylic oxidation sites excluding steroid dienone is 1. The van der Waals surface area contributed by atoms with Gasteiger partial charge in [-0.15, -0.1) is 0 Å². The summed E-state index contributed by atoms with van der Waals surface area (Å²) < 4.78 is 16.0. The first-order valence-electron chi connectivity index (χ1n) is 11.7. The number of hydrogen-bond acceptors (Lipinski definition) is 6. The molecule has 7 heterocycles. The zero-order valence-corrected chi connectivity index (χ0v) is 19.6. The van der Waals surface area contributed by atoms with Crippen LogP contribution in [0.4, 0.5) is 4.39 Å². The van der Waals surface area contributed by atoms with Gasteiger partial charge in [0, 0.05) is 36.7 Å². The van der Waals surface area contributed by atoms with Crippen LogP contribution in [0, 0.1) is 32.5 Å². The van der Waals surface area contributed by atoms with Gasteiger partial charge in [-0.05, 0) is 62.8 Å². The minimum Gasteiger partial charge on any atom is -0.377 e. The molecule has 0 spiro atoms. The van der Waals surface area contributed by atoms with Gasteiger partial charge in [0.2, 0.25) is 0 Å². The molecule has 0 atom stereocenters. The average molecular weight is 456 g/mol. The van der Waals surface area contributed by atoms with Gasteiger partial charge in [0.1, 0.15) is 23.0 Å². The van der Waals surface area contributed by atoms with Gasteiger partial charge in [0.25, 0.3) is 0 Å². The summed E-state index contributed by atoms with van der Waals surface area (Å²) in [5.41, 5.74) is 7.31. The van der Waals surface area contributed by atoms with Crippen molar-refractivity contribution in [1.82, 2.24) is 34.4 Å². The van der Waals surface area contributed by atoms with E-state index in [1.54, 1.807) is 6.20 Å². The highest BCUT2D eigenvalue weighted by atomic mass is 19.1. The minimum atomic E-state index is -0.400. The van der Waals surface area contributed by atoms with Crippen LogP contribution in [-0.2, 0) is 6.54 Å². The first-order valence-corrected chi connectivity index (χ1v) is 11.7. The molecule has 0 aromatic carbocycles. The van der Waals surface area contributed by atoms with E-state index in [9.17, 15) is 4.39 Å². The van der Waals surface area contributed by atoms with E-state index < -0.39 is 5.82 Å². The molecule has 1 fully saturated rings. The van der Waals surface area contributed by atoms with E-state index in [0.29, 0.717) is 35.2 Å². The van der Waals surface area contributed by atoms with Gasteiger partial charge in [-0.2, -0.15) is 0 Å². The second-order valence-electron chi connectivity index (χ2n) is 9.28. The van der Waals surface area contributed by atoms with Gasteiger partial charge < -0.3 is 9.47 Å². The summed E-state index contributed by atoms with van der Waals surface area (Å²) in [6.07, 6.45) is 7.53. The summed E-state index contributed by atoms with van der Waals surface area (Å²) in [5, 5.41) is 0. The third-order valence-corrected chi connectivity index (χ3v) is 6.95. The lowest BCUT2D eigenvalue weighted by Crippen LogP contribution is -2.35. The van der Waals surface area contributed by atoms with Crippen LogP contribution in [0.25, 0.3) is 28.1 Å². The molecule has 0 amide bonds. The van der Waals surface area contributed by atoms with Crippen molar-refractivity contribution >= 4 is 16.7 Å². The van der Waals surface area contributed by atoms with Crippen LogP contribution in [0.15, 0.2) is 36.8 Å². The number of aryl methyl sites for hydroxylation is 3. The van der Waals surface area contributed by atoms with Crippen LogP contribution in [0.3, 0.4) is 0 Å². The maximum Gasteiger partial charge on any atom is 0.164 e. The van der Waals surface area contributed by atoms with E-state index in [-0.39, 0.29) is 0 Å². The van der Waals surface area contributed by atoms with E-state index in [1.807, 2.05) is 18.4 Å². The lowest BCUT2D eigenvalue weighted by Gasteiger charge is -2.39. The smallest absolute Gasteiger partial charge is 0.164 e. The molecule has 3 aliphatic heterocycles. The fourth-order valence-corrected chi connectivity index (χ4v) is 5.18. The van der Waals surface area contributed by atoms with Crippen LogP contribution in [0.1, 0.15) is 41.3 Å². The van der Waals surface area contributed by atoms with Gasteiger partial charge >= 0.3 is 0 Å². The molecule has 3 aliphatic rings. The van der Waals surface area contributed by atoms with Crippen molar-refractivity contribution in [3.8, 4) is 11.4 Å². The SMILES string of the molecule is Cc1nc(C)c2nc(-c3cncc(F)c3)n(Cc3ccc(C4=CN5CCC4CC5)nc3C)c2n1. The predicted octanol–water partition coefficient (Wildman–Crippen LogP) is 4.46. The standard InChI is InChI=1S/C26H26FN7/c1-15-19(4-5-23(30-15)22-14-33-8-6-18(22)7-9-33)13-34-25(20-10-21(27)12-28-11-20)32-24-16(2)29-17(3)31-26(24)34/h4-5,10-12,14,18H,6-9,13H2,1-3H3. The summed E-state index contributed by atoms with van der Waals surface area (Å²) in [5.74, 6) is 1.50. The van der Waals surface area contributed by atoms with E-state index in [0.717, 1.165) is 41.4 Å². The Morgan fingerprint density at radius 2 is 1.79 bits per heavy atom. The molecule has 0 aliphatic carbocycles. The molecular weight excluding hydrogens is 429 g/mol. The lowest BCUT2D eigenvalue weighted by molar-refractivity contribution is 0.252. The summed E-state index contributed by atoms with van der Waals surface area (Å²) >= 11 is 0. The zero-order chi connectivity index (χ0) is 23.4. The van der Waals surface area contributed by atoms with Gasteiger partial charge in [0.15, 0.2) is 5.65 Å². The van der Waals surface area contributed by atoms with E-state index in [1.165, 1.54) is 30.7 Å². The average Bonchev–Trinajstić information content (AvgIpc) is 3.19. The number of piperidine rings is 1. The molecule has 4 aromatic rings. The number of halogens is 1. The monoisotopic (exact) mass is 455 g/mol. The molecule has 7 rings (SSSR count). The molecular formula is C26H26FN7.